The van der Waals surface area contributed by atoms with E-state index in [1.54, 1.807) is 11.3 Å². The summed E-state index contributed by atoms with van der Waals surface area (Å²) in [4.78, 5) is 16.4. The average Bonchev–Trinajstić information content (AvgIpc) is 3.34. The molecule has 3 heterocycles. The van der Waals surface area contributed by atoms with Crippen molar-refractivity contribution in [2.75, 3.05) is 24.6 Å². The zero-order valence-corrected chi connectivity index (χ0v) is 16.9. The number of nitrogens with zero attached hydrogens (tertiary/aromatic N) is 3. The van der Waals surface area contributed by atoms with Crippen LogP contribution in [0, 0.1) is 0 Å². The molecule has 0 saturated carbocycles. The number of carbonyl (C=O) groups is 1. The van der Waals surface area contributed by atoms with Crippen molar-refractivity contribution in [3.05, 3.63) is 39.3 Å². The van der Waals surface area contributed by atoms with Gasteiger partial charge in [0.05, 0.1) is 0 Å². The van der Waals surface area contributed by atoms with Gasteiger partial charge in [-0.15, -0.1) is 11.3 Å². The summed E-state index contributed by atoms with van der Waals surface area (Å²) in [5.74, 6) is 2.20. The van der Waals surface area contributed by atoms with Crippen molar-refractivity contribution in [1.29, 1.82) is 0 Å². The summed E-state index contributed by atoms with van der Waals surface area (Å²) < 4.78 is 2.05. The van der Waals surface area contributed by atoms with E-state index in [0.717, 1.165) is 56.9 Å². The maximum atomic E-state index is 13.1. The van der Waals surface area contributed by atoms with E-state index in [9.17, 15) is 4.79 Å². The molecule has 1 aliphatic carbocycles. The van der Waals surface area contributed by atoms with Crippen molar-refractivity contribution in [1.82, 2.24) is 20.0 Å². The molecule has 0 bridgehead atoms. The fourth-order valence-corrected chi connectivity index (χ4v) is 5.43. The maximum Gasteiger partial charge on any atom is 0.274 e. The Morgan fingerprint density at radius 1 is 1.38 bits per heavy atom. The predicted molar refractivity (Wildman–Crippen MR) is 108 cm³/mol. The van der Waals surface area contributed by atoms with E-state index in [1.165, 1.54) is 16.1 Å². The third-order valence-corrected chi connectivity index (χ3v) is 7.11. The third-order valence-electron chi connectivity index (χ3n) is 5.29. The lowest BCUT2D eigenvalue weighted by Crippen LogP contribution is -2.39. The number of nitrogens with one attached hydrogen (secondary N) is 1. The lowest BCUT2D eigenvalue weighted by molar-refractivity contribution is 0.0764. The van der Waals surface area contributed by atoms with Crippen molar-refractivity contribution in [2.45, 2.75) is 45.3 Å². The summed E-state index contributed by atoms with van der Waals surface area (Å²) >= 11 is 3.72. The number of hydrogen-bond donors (Lipinski definition) is 1. The van der Waals surface area contributed by atoms with Gasteiger partial charge in [-0.1, -0.05) is 6.07 Å². The molecule has 1 fully saturated rings. The smallest absolute Gasteiger partial charge is 0.274 e. The van der Waals surface area contributed by atoms with Crippen LogP contribution in [0.25, 0.3) is 0 Å². The molecule has 0 spiro atoms. The molecule has 1 N–H and O–H groups in total. The van der Waals surface area contributed by atoms with Crippen molar-refractivity contribution >= 4 is 29.0 Å². The molecule has 4 rings (SSSR count). The Morgan fingerprint density at radius 2 is 2.23 bits per heavy atom. The normalized spacial score (nSPS) is 20.2. The predicted octanol–water partition coefficient (Wildman–Crippen LogP) is 2.80. The van der Waals surface area contributed by atoms with E-state index in [2.05, 4.69) is 34.4 Å². The highest BCUT2D eigenvalue weighted by Crippen LogP contribution is 2.27. The fourth-order valence-electron chi connectivity index (χ4n) is 3.87. The van der Waals surface area contributed by atoms with E-state index in [-0.39, 0.29) is 5.91 Å². The topological polar surface area (TPSA) is 50.2 Å². The van der Waals surface area contributed by atoms with Crippen LogP contribution in [0.5, 0.6) is 0 Å². The van der Waals surface area contributed by atoms with Gasteiger partial charge in [-0.2, -0.15) is 16.9 Å². The molecule has 7 heteroatoms. The summed E-state index contributed by atoms with van der Waals surface area (Å²) in [7, 11) is 0. The molecule has 2 aliphatic rings. The number of thiophene rings is 1. The highest BCUT2D eigenvalue weighted by atomic mass is 32.2. The van der Waals surface area contributed by atoms with E-state index in [1.807, 2.05) is 16.7 Å². The first-order valence-electron chi connectivity index (χ1n) is 9.47. The second-order valence-electron chi connectivity index (χ2n) is 6.89. The van der Waals surface area contributed by atoms with Crippen molar-refractivity contribution in [2.24, 2.45) is 0 Å². The molecule has 0 unspecified atom stereocenters. The standard InChI is InChI=1S/C19H26N4OS2/c1-2-23-17-6-5-14(20-13-15-4-3-9-26-15)12-16(17)18(21-23)19(24)22-7-10-25-11-8-22/h3-4,9,14,20H,2,5-8,10-13H2,1H3/t14-/m1/s1. The number of carbonyl (C=O) groups excluding carboxylic acids is 1. The van der Waals surface area contributed by atoms with E-state index < -0.39 is 0 Å². The fraction of sp³-hybridized carbons (Fsp3) is 0.579. The quantitative estimate of drug-likeness (QED) is 0.853. The molecule has 140 valence electrons. The number of aryl methyl sites for hydroxylation is 1. The van der Waals surface area contributed by atoms with Gasteiger partial charge >= 0.3 is 0 Å². The van der Waals surface area contributed by atoms with Gasteiger partial charge in [-0.3, -0.25) is 9.48 Å². The number of hydrogen-bond acceptors (Lipinski definition) is 5. The summed E-state index contributed by atoms with van der Waals surface area (Å²) in [6.07, 6.45) is 3.02. The van der Waals surface area contributed by atoms with Gasteiger partial charge in [-0.05, 0) is 37.6 Å². The van der Waals surface area contributed by atoms with Gasteiger partial charge in [0.1, 0.15) is 0 Å². The molecule has 1 amide bonds. The summed E-state index contributed by atoms with van der Waals surface area (Å²) in [6, 6.07) is 4.69. The summed E-state index contributed by atoms with van der Waals surface area (Å²) in [6.45, 7) is 5.54. The monoisotopic (exact) mass is 390 g/mol. The lowest BCUT2D eigenvalue weighted by atomic mass is 9.91. The second kappa shape index (κ2) is 8.15. The highest BCUT2D eigenvalue weighted by molar-refractivity contribution is 7.99. The summed E-state index contributed by atoms with van der Waals surface area (Å²) in [5.41, 5.74) is 3.16. The number of thioether (sulfide) groups is 1. The van der Waals surface area contributed by atoms with E-state index in [4.69, 9.17) is 5.10 Å². The van der Waals surface area contributed by atoms with Gasteiger partial charge < -0.3 is 10.2 Å². The zero-order valence-electron chi connectivity index (χ0n) is 15.2. The van der Waals surface area contributed by atoms with Gasteiger partial charge in [0, 0.05) is 59.9 Å². The number of rotatable bonds is 5. The molecule has 5 nitrogen and oxygen atoms in total. The Bertz CT molecular complexity index is 750. The van der Waals surface area contributed by atoms with Crippen molar-refractivity contribution in [3.8, 4) is 0 Å². The van der Waals surface area contributed by atoms with Crippen LogP contribution in [-0.4, -0.2) is 51.2 Å². The van der Waals surface area contributed by atoms with Gasteiger partial charge in [0.25, 0.3) is 5.91 Å². The van der Waals surface area contributed by atoms with Crippen LogP contribution in [0.4, 0.5) is 0 Å². The number of aromatic nitrogens is 2. The number of fused-ring (bicyclic) bond motifs is 1. The largest absolute Gasteiger partial charge is 0.336 e. The third kappa shape index (κ3) is 3.70. The number of amides is 1. The SMILES string of the molecule is CCn1nc(C(=O)N2CCSCC2)c2c1CC[C@@H](NCc1cccs1)C2. The molecule has 2 aromatic heterocycles. The molecule has 1 saturated heterocycles. The van der Waals surface area contributed by atoms with Crippen LogP contribution in [-0.2, 0) is 25.9 Å². The first kappa shape index (κ1) is 18.1. The Hall–Kier alpha value is -1.31. The maximum absolute atomic E-state index is 13.1. The molecular weight excluding hydrogens is 364 g/mol. The average molecular weight is 391 g/mol. The molecule has 26 heavy (non-hydrogen) atoms. The van der Waals surface area contributed by atoms with Crippen LogP contribution >= 0.6 is 23.1 Å². The van der Waals surface area contributed by atoms with Gasteiger partial charge in [0.15, 0.2) is 5.69 Å². The Balaban J connectivity index is 1.51. The first-order chi connectivity index (χ1) is 12.8. The van der Waals surface area contributed by atoms with Gasteiger partial charge in [0.2, 0.25) is 0 Å². The van der Waals surface area contributed by atoms with E-state index in [0.29, 0.717) is 11.7 Å². The van der Waals surface area contributed by atoms with Crippen LogP contribution in [0.15, 0.2) is 17.5 Å². The molecule has 1 atom stereocenters. The van der Waals surface area contributed by atoms with Crippen LogP contribution in [0.1, 0.15) is 40.0 Å². The Kier molecular flexibility index (Phi) is 5.66. The van der Waals surface area contributed by atoms with Crippen LogP contribution in [0.2, 0.25) is 0 Å². The Morgan fingerprint density at radius 3 is 2.96 bits per heavy atom. The molecular formula is C19H26N4OS2. The minimum absolute atomic E-state index is 0.132. The van der Waals surface area contributed by atoms with Crippen molar-refractivity contribution < 1.29 is 4.79 Å². The molecule has 0 radical (unpaired) electrons. The molecule has 2 aromatic rings. The van der Waals surface area contributed by atoms with Crippen LogP contribution in [0.3, 0.4) is 0 Å². The minimum atomic E-state index is 0.132. The molecule has 0 aromatic carbocycles. The minimum Gasteiger partial charge on any atom is -0.336 e. The summed E-state index contributed by atoms with van der Waals surface area (Å²) in [5, 5.41) is 10.5. The lowest BCUT2D eigenvalue weighted by Gasteiger charge is -2.27. The van der Waals surface area contributed by atoms with E-state index >= 15 is 0 Å². The Labute approximate surface area is 163 Å². The first-order valence-corrected chi connectivity index (χ1v) is 11.5. The van der Waals surface area contributed by atoms with Crippen molar-refractivity contribution in [3.63, 3.8) is 0 Å². The second-order valence-corrected chi connectivity index (χ2v) is 9.15. The van der Waals surface area contributed by atoms with Gasteiger partial charge in [-0.25, -0.2) is 0 Å². The highest BCUT2D eigenvalue weighted by Gasteiger charge is 2.31. The molecule has 1 aliphatic heterocycles. The van der Waals surface area contributed by atoms with Crippen LogP contribution < -0.4 is 5.32 Å². The zero-order chi connectivity index (χ0) is 17.9.